The molecule has 1 fully saturated rings. The summed E-state index contributed by atoms with van der Waals surface area (Å²) in [5.74, 6) is 0.193. The summed E-state index contributed by atoms with van der Waals surface area (Å²) in [7, 11) is 2.10. The normalized spacial score (nSPS) is 17.7. The lowest BCUT2D eigenvalue weighted by molar-refractivity contribution is 0.0921. The fourth-order valence-corrected chi connectivity index (χ4v) is 3.27. The van der Waals surface area contributed by atoms with E-state index < -0.39 is 0 Å². The van der Waals surface area contributed by atoms with Gasteiger partial charge >= 0.3 is 0 Å². The van der Waals surface area contributed by atoms with Crippen molar-refractivity contribution < 1.29 is 4.79 Å². The Balaban J connectivity index is 1.99. The number of nitrogen functional groups attached to an aromatic ring is 1. The molecule has 1 aliphatic rings. The van der Waals surface area contributed by atoms with Gasteiger partial charge in [-0.1, -0.05) is 11.3 Å². The minimum absolute atomic E-state index is 0.105. The first kappa shape index (κ1) is 16.0. The molecule has 1 aliphatic heterocycles. The van der Waals surface area contributed by atoms with E-state index >= 15 is 0 Å². The molecule has 0 aliphatic carbocycles. The monoisotopic (exact) mass is 311 g/mol. The van der Waals surface area contributed by atoms with E-state index in [2.05, 4.69) is 27.6 Å². The molecule has 118 valence electrons. The van der Waals surface area contributed by atoms with Crippen molar-refractivity contribution in [1.29, 1.82) is 0 Å². The molecule has 0 spiro atoms. The second kappa shape index (κ2) is 6.19. The van der Waals surface area contributed by atoms with Crippen LogP contribution in [0.3, 0.4) is 0 Å². The number of carbonyl (C=O) groups excluding carboxylic acids is 1. The number of anilines is 2. The van der Waals surface area contributed by atoms with Crippen LogP contribution >= 0.6 is 11.3 Å². The lowest BCUT2D eigenvalue weighted by atomic mass is 10.1. The Morgan fingerprint density at radius 3 is 2.57 bits per heavy atom. The minimum Gasteiger partial charge on any atom is -0.382 e. The molecule has 0 bridgehead atoms. The van der Waals surface area contributed by atoms with Gasteiger partial charge in [0.1, 0.15) is 10.7 Å². The lowest BCUT2D eigenvalue weighted by Crippen LogP contribution is -2.43. The van der Waals surface area contributed by atoms with Gasteiger partial charge < -0.3 is 21.3 Å². The molecule has 2 heterocycles. The number of piperidine rings is 1. The van der Waals surface area contributed by atoms with E-state index in [-0.39, 0.29) is 17.5 Å². The van der Waals surface area contributed by atoms with Crippen LogP contribution in [0.5, 0.6) is 0 Å². The topological polar surface area (TPSA) is 83.3 Å². The van der Waals surface area contributed by atoms with Crippen molar-refractivity contribution in [2.75, 3.05) is 31.2 Å². The average molecular weight is 311 g/mol. The molecule has 0 radical (unpaired) electrons. The van der Waals surface area contributed by atoms with Crippen molar-refractivity contribution in [2.24, 2.45) is 0 Å². The van der Waals surface area contributed by atoms with Gasteiger partial charge in [0, 0.05) is 11.6 Å². The number of nitrogens with two attached hydrogens (primary N) is 1. The van der Waals surface area contributed by atoms with Gasteiger partial charge in [-0.25, -0.2) is 4.98 Å². The van der Waals surface area contributed by atoms with E-state index in [1.807, 2.05) is 20.8 Å². The van der Waals surface area contributed by atoms with Crippen molar-refractivity contribution in [3.8, 4) is 0 Å². The Morgan fingerprint density at radius 2 is 2.00 bits per heavy atom. The lowest BCUT2D eigenvalue weighted by Gasteiger charge is -2.29. The van der Waals surface area contributed by atoms with Crippen LogP contribution in [-0.2, 0) is 0 Å². The molecule has 1 aromatic rings. The van der Waals surface area contributed by atoms with Crippen LogP contribution in [-0.4, -0.2) is 47.5 Å². The van der Waals surface area contributed by atoms with Crippen molar-refractivity contribution in [1.82, 2.24) is 15.2 Å². The summed E-state index contributed by atoms with van der Waals surface area (Å²) in [6.45, 7) is 8.16. The molecule has 0 unspecified atom stereocenters. The standard InChI is InChI=1S/C14H25N5OS/c1-14(2,3)18-13-17-11(15)10(21-13)12(20)16-9-5-7-19(4)8-6-9/h9H,5-8,15H2,1-4H3,(H,16,20)(H,17,18). The van der Waals surface area contributed by atoms with Crippen LogP contribution in [0.1, 0.15) is 43.3 Å². The molecule has 0 atom stereocenters. The van der Waals surface area contributed by atoms with E-state index in [0.29, 0.717) is 15.8 Å². The zero-order valence-corrected chi connectivity index (χ0v) is 14.0. The highest BCUT2D eigenvalue weighted by molar-refractivity contribution is 7.18. The van der Waals surface area contributed by atoms with Crippen LogP contribution in [0.2, 0.25) is 0 Å². The number of thiazole rings is 1. The average Bonchev–Trinajstić information content (AvgIpc) is 2.70. The van der Waals surface area contributed by atoms with Gasteiger partial charge in [-0.3, -0.25) is 4.79 Å². The smallest absolute Gasteiger partial charge is 0.265 e. The van der Waals surface area contributed by atoms with Crippen LogP contribution in [0.15, 0.2) is 0 Å². The molecule has 0 aromatic carbocycles. The summed E-state index contributed by atoms with van der Waals surface area (Å²) in [4.78, 5) is 19.3. The quantitative estimate of drug-likeness (QED) is 0.792. The van der Waals surface area contributed by atoms with Gasteiger partial charge in [0.15, 0.2) is 5.13 Å². The summed E-state index contributed by atoms with van der Waals surface area (Å²) >= 11 is 1.31. The molecule has 6 nitrogen and oxygen atoms in total. The van der Waals surface area contributed by atoms with E-state index in [4.69, 9.17) is 5.73 Å². The summed E-state index contributed by atoms with van der Waals surface area (Å²) in [6.07, 6.45) is 1.96. The highest BCUT2D eigenvalue weighted by Crippen LogP contribution is 2.27. The van der Waals surface area contributed by atoms with E-state index in [0.717, 1.165) is 25.9 Å². The maximum absolute atomic E-state index is 12.3. The van der Waals surface area contributed by atoms with Crippen LogP contribution < -0.4 is 16.4 Å². The summed E-state index contributed by atoms with van der Waals surface area (Å²) in [5, 5.41) is 7.01. The van der Waals surface area contributed by atoms with Gasteiger partial charge in [-0.05, 0) is 53.8 Å². The number of nitrogens with zero attached hydrogens (tertiary/aromatic N) is 2. The number of rotatable bonds is 3. The Labute approximate surface area is 130 Å². The first-order chi connectivity index (χ1) is 9.74. The predicted molar refractivity (Wildman–Crippen MR) is 87.9 cm³/mol. The third kappa shape index (κ3) is 4.57. The number of hydrogen-bond donors (Lipinski definition) is 3. The number of carbonyl (C=O) groups is 1. The molecule has 7 heteroatoms. The zero-order chi connectivity index (χ0) is 15.6. The molecule has 1 saturated heterocycles. The molecular weight excluding hydrogens is 286 g/mol. The maximum atomic E-state index is 12.3. The van der Waals surface area contributed by atoms with Gasteiger partial charge in [0.25, 0.3) is 5.91 Å². The fourth-order valence-electron chi connectivity index (χ4n) is 2.27. The Hall–Kier alpha value is -1.34. The molecule has 2 rings (SSSR count). The van der Waals surface area contributed by atoms with E-state index in [9.17, 15) is 4.79 Å². The number of likely N-dealkylation sites (tertiary alicyclic amines) is 1. The van der Waals surface area contributed by atoms with E-state index in [1.165, 1.54) is 11.3 Å². The fraction of sp³-hybridized carbons (Fsp3) is 0.714. The Morgan fingerprint density at radius 1 is 1.38 bits per heavy atom. The minimum atomic E-state index is -0.110. The predicted octanol–water partition coefficient (Wildman–Crippen LogP) is 1.76. The van der Waals surface area contributed by atoms with Crippen molar-refractivity contribution >= 4 is 28.2 Å². The van der Waals surface area contributed by atoms with Crippen molar-refractivity contribution in [3.63, 3.8) is 0 Å². The summed E-state index contributed by atoms with van der Waals surface area (Å²) < 4.78 is 0. The first-order valence-electron chi connectivity index (χ1n) is 7.28. The third-order valence-electron chi connectivity index (χ3n) is 3.40. The second-order valence-electron chi connectivity index (χ2n) is 6.66. The second-order valence-corrected chi connectivity index (χ2v) is 7.66. The van der Waals surface area contributed by atoms with Gasteiger partial charge in [0.05, 0.1) is 0 Å². The number of amides is 1. The largest absolute Gasteiger partial charge is 0.382 e. The number of nitrogens with one attached hydrogen (secondary N) is 2. The van der Waals surface area contributed by atoms with E-state index in [1.54, 1.807) is 0 Å². The molecule has 1 amide bonds. The Kier molecular flexibility index (Phi) is 4.73. The SMILES string of the molecule is CN1CCC(NC(=O)c2sc(NC(C)(C)C)nc2N)CC1. The van der Waals surface area contributed by atoms with Gasteiger partial charge in [-0.15, -0.1) is 0 Å². The van der Waals surface area contributed by atoms with Crippen molar-refractivity contribution in [2.45, 2.75) is 45.2 Å². The highest BCUT2D eigenvalue weighted by Gasteiger charge is 2.23. The Bertz CT molecular complexity index is 500. The highest BCUT2D eigenvalue weighted by atomic mass is 32.1. The van der Waals surface area contributed by atoms with Crippen LogP contribution in [0, 0.1) is 0 Å². The third-order valence-corrected chi connectivity index (χ3v) is 4.38. The zero-order valence-electron chi connectivity index (χ0n) is 13.2. The summed E-state index contributed by atoms with van der Waals surface area (Å²) in [5.41, 5.74) is 5.77. The van der Waals surface area contributed by atoms with Crippen LogP contribution in [0.25, 0.3) is 0 Å². The molecule has 4 N–H and O–H groups in total. The molecular formula is C14H25N5OS. The number of aromatic nitrogens is 1. The molecule has 21 heavy (non-hydrogen) atoms. The summed E-state index contributed by atoms with van der Waals surface area (Å²) in [6, 6.07) is 0.231. The first-order valence-corrected chi connectivity index (χ1v) is 8.10. The number of hydrogen-bond acceptors (Lipinski definition) is 6. The maximum Gasteiger partial charge on any atom is 0.265 e. The molecule has 1 aromatic heterocycles. The van der Waals surface area contributed by atoms with Crippen molar-refractivity contribution in [3.05, 3.63) is 4.88 Å². The van der Waals surface area contributed by atoms with Crippen LogP contribution in [0.4, 0.5) is 10.9 Å². The van der Waals surface area contributed by atoms with Gasteiger partial charge in [-0.2, -0.15) is 0 Å². The molecule has 0 saturated carbocycles. The van der Waals surface area contributed by atoms with Gasteiger partial charge in [0.2, 0.25) is 0 Å².